The molecule has 0 radical (unpaired) electrons. The molecular weight excluding hydrogens is 168 g/mol. The highest BCUT2D eigenvalue weighted by Crippen LogP contribution is 2.45. The average molecular weight is 194 g/mol. The molecule has 82 valence electrons. The molecule has 0 aromatic rings. The predicted octanol–water partition coefficient (Wildman–Crippen LogP) is 4.93. The minimum atomic E-state index is 1.16. The monoisotopic (exact) mass is 194 g/mol. The Balaban J connectivity index is 1.64. The van der Waals surface area contributed by atoms with Gasteiger partial charge in [0.2, 0.25) is 0 Å². The fourth-order valence-electron chi connectivity index (χ4n) is 3.07. The third kappa shape index (κ3) is 3.63. The van der Waals surface area contributed by atoms with Gasteiger partial charge in [0.05, 0.1) is 0 Å². The molecule has 2 atom stereocenters. The molecule has 0 bridgehead atoms. The van der Waals surface area contributed by atoms with Crippen molar-refractivity contribution in [1.82, 2.24) is 0 Å². The quantitative estimate of drug-likeness (QED) is 0.513. The summed E-state index contributed by atoms with van der Waals surface area (Å²) in [6.45, 7) is 0. The maximum Gasteiger partial charge on any atom is -0.0383 e. The van der Waals surface area contributed by atoms with Gasteiger partial charge in [0.25, 0.3) is 0 Å². The summed E-state index contributed by atoms with van der Waals surface area (Å²) < 4.78 is 0. The molecule has 0 nitrogen and oxygen atoms in total. The Morgan fingerprint density at radius 3 is 1.21 bits per heavy atom. The zero-order chi connectivity index (χ0) is 9.64. The van der Waals surface area contributed by atoms with E-state index >= 15 is 0 Å². The molecule has 0 amide bonds. The van der Waals surface area contributed by atoms with E-state index in [9.17, 15) is 0 Å². The van der Waals surface area contributed by atoms with Gasteiger partial charge in [-0.25, -0.2) is 0 Å². The molecule has 2 saturated carbocycles. The maximum atomic E-state index is 1.58. The van der Waals surface area contributed by atoms with Crippen LogP contribution in [0.1, 0.15) is 77.0 Å². The van der Waals surface area contributed by atoms with Crippen molar-refractivity contribution < 1.29 is 0 Å². The molecule has 0 heterocycles. The van der Waals surface area contributed by atoms with Gasteiger partial charge in [0.15, 0.2) is 0 Å². The van der Waals surface area contributed by atoms with Gasteiger partial charge in [0.1, 0.15) is 0 Å². The first-order chi connectivity index (χ1) is 6.97. The standard InChI is InChI=1S/C14H26/c1-2-4-6-8-10-13-12-14(13)11-9-7-5-3-1/h13-14H,1-12H2. The van der Waals surface area contributed by atoms with E-state index in [1.54, 1.807) is 19.3 Å². The maximum absolute atomic E-state index is 1.58. The second kappa shape index (κ2) is 5.78. The minimum Gasteiger partial charge on any atom is -0.0533 e. The first-order valence-electron chi connectivity index (χ1n) is 6.97. The average Bonchev–Trinajstić information content (AvgIpc) is 2.92. The van der Waals surface area contributed by atoms with Crippen LogP contribution in [-0.4, -0.2) is 0 Å². The number of rotatable bonds is 0. The van der Waals surface area contributed by atoms with Crippen LogP contribution in [-0.2, 0) is 0 Å². The van der Waals surface area contributed by atoms with Gasteiger partial charge in [0, 0.05) is 0 Å². The molecule has 0 aromatic heterocycles. The lowest BCUT2D eigenvalue weighted by molar-refractivity contribution is 0.540. The van der Waals surface area contributed by atoms with E-state index in [0.717, 1.165) is 11.8 Å². The van der Waals surface area contributed by atoms with Crippen LogP contribution in [0.15, 0.2) is 0 Å². The smallest absolute Gasteiger partial charge is 0.0383 e. The summed E-state index contributed by atoms with van der Waals surface area (Å²) in [6, 6.07) is 0. The zero-order valence-electron chi connectivity index (χ0n) is 9.64. The van der Waals surface area contributed by atoms with Crippen LogP contribution < -0.4 is 0 Å². The highest BCUT2D eigenvalue weighted by atomic mass is 14.4. The molecule has 2 rings (SSSR count). The fourth-order valence-corrected chi connectivity index (χ4v) is 3.07. The third-order valence-corrected chi connectivity index (χ3v) is 4.22. The first-order valence-corrected chi connectivity index (χ1v) is 6.97. The normalized spacial score (nSPS) is 36.0. The van der Waals surface area contributed by atoms with E-state index in [2.05, 4.69) is 0 Å². The molecule has 0 N–H and O–H groups in total. The summed E-state index contributed by atoms with van der Waals surface area (Å²) in [5, 5.41) is 0. The van der Waals surface area contributed by atoms with Crippen molar-refractivity contribution >= 4 is 0 Å². The van der Waals surface area contributed by atoms with E-state index in [-0.39, 0.29) is 0 Å². The topological polar surface area (TPSA) is 0 Å². The summed E-state index contributed by atoms with van der Waals surface area (Å²) in [7, 11) is 0. The van der Waals surface area contributed by atoms with Crippen molar-refractivity contribution in [3.63, 3.8) is 0 Å². The lowest BCUT2D eigenvalue weighted by atomic mass is 10.1. The van der Waals surface area contributed by atoms with Crippen molar-refractivity contribution in [3.05, 3.63) is 0 Å². The van der Waals surface area contributed by atoms with Crippen LogP contribution in [0.3, 0.4) is 0 Å². The summed E-state index contributed by atoms with van der Waals surface area (Å²) in [5.41, 5.74) is 0. The molecule has 2 aliphatic carbocycles. The Labute approximate surface area is 89.5 Å². The predicted molar refractivity (Wildman–Crippen MR) is 62.4 cm³/mol. The molecule has 0 heteroatoms. The second-order valence-corrected chi connectivity index (χ2v) is 5.52. The van der Waals surface area contributed by atoms with E-state index in [4.69, 9.17) is 0 Å². The summed E-state index contributed by atoms with van der Waals surface area (Å²) in [6.07, 6.45) is 18.3. The van der Waals surface area contributed by atoms with Gasteiger partial charge < -0.3 is 0 Å². The molecule has 0 spiro atoms. The highest BCUT2D eigenvalue weighted by molar-refractivity contribution is 4.85. The molecule has 2 fully saturated rings. The molecule has 14 heavy (non-hydrogen) atoms. The van der Waals surface area contributed by atoms with Gasteiger partial charge >= 0.3 is 0 Å². The fraction of sp³-hybridized carbons (Fsp3) is 1.00. The van der Waals surface area contributed by atoms with Crippen LogP contribution in [0.5, 0.6) is 0 Å². The van der Waals surface area contributed by atoms with Gasteiger partial charge in [-0.15, -0.1) is 0 Å². The Morgan fingerprint density at radius 2 is 0.786 bits per heavy atom. The van der Waals surface area contributed by atoms with Gasteiger partial charge in [-0.2, -0.15) is 0 Å². The van der Waals surface area contributed by atoms with Crippen LogP contribution in [0.4, 0.5) is 0 Å². The first kappa shape index (κ1) is 10.5. The third-order valence-electron chi connectivity index (χ3n) is 4.22. The van der Waals surface area contributed by atoms with Crippen molar-refractivity contribution in [1.29, 1.82) is 0 Å². The summed E-state index contributed by atoms with van der Waals surface area (Å²) in [4.78, 5) is 0. The van der Waals surface area contributed by atoms with E-state index in [1.165, 1.54) is 57.8 Å². The van der Waals surface area contributed by atoms with Gasteiger partial charge in [-0.1, -0.05) is 70.6 Å². The molecule has 2 unspecified atom stereocenters. The van der Waals surface area contributed by atoms with Gasteiger partial charge in [-0.05, 0) is 18.3 Å². The van der Waals surface area contributed by atoms with E-state index < -0.39 is 0 Å². The SMILES string of the molecule is C1CCCCCC2CC2CCCCC1. The lowest BCUT2D eigenvalue weighted by Gasteiger charge is -2.00. The molecular formula is C14H26. The van der Waals surface area contributed by atoms with Crippen molar-refractivity contribution in [2.24, 2.45) is 11.8 Å². The Morgan fingerprint density at radius 1 is 0.429 bits per heavy atom. The number of hydrogen-bond donors (Lipinski definition) is 0. The number of fused-ring (bicyclic) bond motifs is 1. The highest BCUT2D eigenvalue weighted by Gasteiger charge is 2.34. The summed E-state index contributed by atoms with van der Waals surface area (Å²) >= 11 is 0. The number of hydrogen-bond acceptors (Lipinski definition) is 0. The zero-order valence-corrected chi connectivity index (χ0v) is 9.64. The van der Waals surface area contributed by atoms with Crippen molar-refractivity contribution in [3.8, 4) is 0 Å². The van der Waals surface area contributed by atoms with Crippen LogP contribution in [0.25, 0.3) is 0 Å². The molecule has 0 aromatic carbocycles. The van der Waals surface area contributed by atoms with Crippen molar-refractivity contribution in [2.45, 2.75) is 77.0 Å². The molecule has 2 aliphatic rings. The van der Waals surface area contributed by atoms with E-state index in [0.29, 0.717) is 0 Å². The molecule has 0 saturated heterocycles. The Bertz CT molecular complexity index is 134. The lowest BCUT2D eigenvalue weighted by Crippen LogP contribution is -1.85. The van der Waals surface area contributed by atoms with Crippen LogP contribution in [0.2, 0.25) is 0 Å². The molecule has 0 aliphatic heterocycles. The van der Waals surface area contributed by atoms with E-state index in [1.807, 2.05) is 0 Å². The van der Waals surface area contributed by atoms with Gasteiger partial charge in [-0.3, -0.25) is 0 Å². The van der Waals surface area contributed by atoms with Crippen LogP contribution >= 0.6 is 0 Å². The minimum absolute atomic E-state index is 1.16. The summed E-state index contributed by atoms with van der Waals surface area (Å²) in [5.74, 6) is 2.33. The second-order valence-electron chi connectivity index (χ2n) is 5.52. The van der Waals surface area contributed by atoms with Crippen molar-refractivity contribution in [2.75, 3.05) is 0 Å². The Kier molecular flexibility index (Phi) is 4.34. The Hall–Kier alpha value is 0. The van der Waals surface area contributed by atoms with Crippen LogP contribution in [0, 0.1) is 11.8 Å². The largest absolute Gasteiger partial charge is 0.0533 e.